The average molecular weight is 812 g/mol. The van der Waals surface area contributed by atoms with Gasteiger partial charge in [0.25, 0.3) is 11.8 Å². The third kappa shape index (κ3) is 8.64. The number of aromatic hydroxyl groups is 1. The molecule has 14 heteroatoms. The van der Waals surface area contributed by atoms with Crippen LogP contribution in [0.2, 0.25) is 0 Å². The number of primary amides is 1. The second-order valence-corrected chi connectivity index (χ2v) is 16.1. The van der Waals surface area contributed by atoms with Gasteiger partial charge in [-0.3, -0.25) is 19.4 Å². The molecule has 0 aliphatic carbocycles. The molecule has 0 aliphatic rings. The van der Waals surface area contributed by atoms with Gasteiger partial charge in [-0.15, -0.1) is 0 Å². The summed E-state index contributed by atoms with van der Waals surface area (Å²) in [6, 6.07) is 29.2. The van der Waals surface area contributed by atoms with Gasteiger partial charge in [-0.25, -0.2) is 8.42 Å². The lowest BCUT2D eigenvalue weighted by Gasteiger charge is -2.16. The van der Waals surface area contributed by atoms with E-state index in [-0.39, 0.29) is 37.9 Å². The van der Waals surface area contributed by atoms with Gasteiger partial charge in [0.2, 0.25) is 15.4 Å². The molecule has 2 heterocycles. The predicted molar refractivity (Wildman–Crippen MR) is 226 cm³/mol. The van der Waals surface area contributed by atoms with Crippen molar-refractivity contribution < 1.29 is 33.0 Å². The van der Waals surface area contributed by atoms with Crippen LogP contribution in [0.25, 0.3) is 21.8 Å². The van der Waals surface area contributed by atoms with Crippen LogP contribution in [0.1, 0.15) is 62.8 Å². The number of carbonyl (C=O) groups excluding carboxylic acids is 2. The van der Waals surface area contributed by atoms with Crippen LogP contribution in [-0.4, -0.2) is 47.5 Å². The molecule has 13 nitrogen and oxygen atoms in total. The minimum atomic E-state index is -4.18. The van der Waals surface area contributed by atoms with Gasteiger partial charge in [-0.2, -0.15) is 0 Å². The second-order valence-electron chi connectivity index (χ2n) is 14.1. The lowest BCUT2D eigenvalue weighted by atomic mass is 9.97. The molecular weight excluding hydrogens is 771 g/mol. The fourth-order valence-electron chi connectivity index (χ4n) is 7.04. The minimum Gasteiger partial charge on any atom is -0.506 e. The van der Waals surface area contributed by atoms with Gasteiger partial charge >= 0.3 is 0 Å². The molecule has 0 spiro atoms. The summed E-state index contributed by atoms with van der Waals surface area (Å²) in [7, 11) is -2.65. The first-order valence-electron chi connectivity index (χ1n) is 18.7. The highest BCUT2D eigenvalue weighted by Gasteiger charge is 2.24. The minimum absolute atomic E-state index is 0.0579. The number of phenolic OH excluding ortho intramolecular Hbond substituents is 1. The van der Waals surface area contributed by atoms with E-state index < -0.39 is 27.8 Å². The van der Waals surface area contributed by atoms with E-state index in [2.05, 4.69) is 20.6 Å². The lowest BCUT2D eigenvalue weighted by Crippen LogP contribution is -2.15. The van der Waals surface area contributed by atoms with Crippen molar-refractivity contribution in [2.75, 3.05) is 17.7 Å². The summed E-state index contributed by atoms with van der Waals surface area (Å²) in [5.41, 5.74) is 9.95. The number of amides is 2. The number of phenols is 1. The van der Waals surface area contributed by atoms with Crippen molar-refractivity contribution in [3.05, 3.63) is 154 Å². The third-order valence-electron chi connectivity index (χ3n) is 10.1. The number of pyridine rings is 2. The Balaban J connectivity index is 1.03. The smallest absolute Gasteiger partial charge is 0.255 e. The van der Waals surface area contributed by atoms with Crippen molar-refractivity contribution in [2.45, 2.75) is 48.5 Å². The average Bonchev–Trinajstić information content (AvgIpc) is 3.23. The summed E-state index contributed by atoms with van der Waals surface area (Å²) in [4.78, 5) is 44.5. The molecule has 7 rings (SSSR count). The van der Waals surface area contributed by atoms with Crippen LogP contribution in [0, 0.1) is 6.92 Å². The number of H-pyrrole nitrogens is 1. The van der Waals surface area contributed by atoms with Gasteiger partial charge in [-0.1, -0.05) is 36.8 Å². The number of aliphatic hydroxyl groups excluding tert-OH is 1. The van der Waals surface area contributed by atoms with Crippen molar-refractivity contribution in [1.29, 1.82) is 0 Å². The molecule has 0 saturated heterocycles. The number of aryl methyl sites for hydroxylation is 2. The van der Waals surface area contributed by atoms with Gasteiger partial charge < -0.3 is 36.3 Å². The summed E-state index contributed by atoms with van der Waals surface area (Å²) in [5, 5.41) is 28.0. The molecule has 0 fully saturated rings. The Morgan fingerprint density at radius 1 is 0.881 bits per heavy atom. The number of hydrogen-bond donors (Lipinski definition) is 6. The van der Waals surface area contributed by atoms with Crippen LogP contribution in [0.4, 0.5) is 17.1 Å². The number of aromatic nitrogens is 2. The van der Waals surface area contributed by atoms with E-state index in [0.29, 0.717) is 56.5 Å². The Morgan fingerprint density at radius 2 is 1.66 bits per heavy atom. The Labute approximate surface area is 339 Å². The number of ether oxygens (including phenoxy) is 1. The third-order valence-corrected chi connectivity index (χ3v) is 11.9. The fraction of sp³-hybridized carbons (Fsp3) is 0.156. The maximum absolute atomic E-state index is 14.1. The number of aromatic amines is 1. The zero-order valence-corrected chi connectivity index (χ0v) is 33.0. The Bertz CT molecular complexity index is 2910. The van der Waals surface area contributed by atoms with Crippen LogP contribution in [-0.2, 0) is 16.3 Å². The Hall–Kier alpha value is -7.03. The Morgan fingerprint density at radius 3 is 2.42 bits per heavy atom. The summed E-state index contributed by atoms with van der Waals surface area (Å²) in [6.45, 7) is 1.72. The number of aliphatic hydroxyl groups is 1. The van der Waals surface area contributed by atoms with Crippen LogP contribution in [0.3, 0.4) is 0 Å². The van der Waals surface area contributed by atoms with Crippen LogP contribution in [0.15, 0.2) is 130 Å². The van der Waals surface area contributed by atoms with E-state index in [1.807, 2.05) is 12.1 Å². The molecule has 1 atom stereocenters. The number of fused-ring (bicyclic) bond motifs is 2. The molecule has 0 saturated carbocycles. The maximum Gasteiger partial charge on any atom is 0.255 e. The first-order valence-corrected chi connectivity index (χ1v) is 20.2. The zero-order valence-electron chi connectivity index (χ0n) is 32.2. The number of anilines is 3. The van der Waals surface area contributed by atoms with E-state index in [1.165, 1.54) is 61.8 Å². The second kappa shape index (κ2) is 16.8. The number of methoxy groups -OCH3 is 1. The molecule has 5 aromatic carbocycles. The fourth-order valence-corrected chi connectivity index (χ4v) is 8.46. The molecule has 0 radical (unpaired) electrons. The number of nitrogens with zero attached hydrogens (tertiary/aromatic N) is 1. The first kappa shape index (κ1) is 40.2. The number of benzene rings is 5. The molecule has 7 aromatic rings. The van der Waals surface area contributed by atoms with Crippen LogP contribution >= 0.6 is 0 Å². The van der Waals surface area contributed by atoms with Gasteiger partial charge in [0.05, 0.1) is 45.3 Å². The van der Waals surface area contributed by atoms with Crippen molar-refractivity contribution in [1.82, 2.24) is 9.97 Å². The Kier molecular flexibility index (Phi) is 11.5. The predicted octanol–water partition coefficient (Wildman–Crippen LogP) is 7.47. The lowest BCUT2D eigenvalue weighted by molar-refractivity contribution is 0.0998. The highest BCUT2D eigenvalue weighted by Crippen LogP contribution is 2.35. The number of nitrogens with two attached hydrogens (primary N) is 1. The number of hydrogen-bond acceptors (Lipinski definition) is 10. The van der Waals surface area contributed by atoms with E-state index in [9.17, 15) is 33.0 Å². The first-order chi connectivity index (χ1) is 28.3. The quantitative estimate of drug-likeness (QED) is 0.0596. The van der Waals surface area contributed by atoms with Crippen molar-refractivity contribution in [3.8, 4) is 11.5 Å². The standard InChI is InChI=1S/C45H41N5O8S/c1-26-21-33(24-36-41(26)47-25-37(44(46)54)42(36)48-30-9-6-10-31(23-30)58-2)59(56,57)32-11-5-8-28(22-32)45(55)49-29-15-13-27(14-16-29)7-3-4-12-38(51)34-17-19-39(52)43-35(34)18-20-40(53)50-43/h5-6,8-11,13-25,38,51-52H,3-4,7,12H2,1-2H3,(H2,46,54)(H,47,48)(H,49,55)(H,50,53)/t38-/m0/s1. The van der Waals surface area contributed by atoms with E-state index >= 15 is 0 Å². The molecule has 2 amide bonds. The summed E-state index contributed by atoms with van der Waals surface area (Å²) < 4.78 is 33.6. The van der Waals surface area contributed by atoms with Crippen LogP contribution < -0.4 is 26.7 Å². The van der Waals surface area contributed by atoms with E-state index in [0.717, 1.165) is 24.8 Å². The van der Waals surface area contributed by atoms with Crippen molar-refractivity contribution in [2.24, 2.45) is 5.73 Å². The monoisotopic (exact) mass is 811 g/mol. The molecule has 7 N–H and O–H groups in total. The number of sulfone groups is 1. The van der Waals surface area contributed by atoms with Crippen LogP contribution in [0.5, 0.6) is 11.5 Å². The number of unbranched alkanes of at least 4 members (excludes halogenated alkanes) is 1. The largest absolute Gasteiger partial charge is 0.506 e. The molecular formula is C45H41N5O8S. The van der Waals surface area contributed by atoms with E-state index in [1.54, 1.807) is 55.5 Å². The van der Waals surface area contributed by atoms with Gasteiger partial charge in [0.1, 0.15) is 11.5 Å². The summed E-state index contributed by atoms with van der Waals surface area (Å²) >= 11 is 0. The molecule has 300 valence electrons. The number of nitrogens with one attached hydrogen (secondary N) is 3. The summed E-state index contributed by atoms with van der Waals surface area (Å²) in [5.74, 6) is -0.737. The van der Waals surface area contributed by atoms with Crippen molar-refractivity contribution in [3.63, 3.8) is 0 Å². The topological polar surface area (TPSA) is 214 Å². The molecule has 0 unspecified atom stereocenters. The molecule has 0 bridgehead atoms. The maximum atomic E-state index is 14.1. The molecule has 59 heavy (non-hydrogen) atoms. The number of rotatable bonds is 14. The normalized spacial score (nSPS) is 12.0. The number of carbonyl (C=O) groups is 2. The van der Waals surface area contributed by atoms with Crippen molar-refractivity contribution >= 4 is 60.5 Å². The van der Waals surface area contributed by atoms with Gasteiger partial charge in [0, 0.05) is 46.0 Å². The highest BCUT2D eigenvalue weighted by atomic mass is 32.2. The van der Waals surface area contributed by atoms with Gasteiger partial charge in [0.15, 0.2) is 0 Å². The molecule has 2 aromatic heterocycles. The summed E-state index contributed by atoms with van der Waals surface area (Å²) in [6.07, 6.45) is 3.30. The SMILES string of the molecule is COc1cccc(Nc2c(C(N)=O)cnc3c(C)cc(S(=O)(=O)c4cccc(C(=O)Nc5ccc(CCCC[C@H](O)c6ccc(O)c7[nH]c(=O)ccc67)cc5)c4)cc23)c1. The zero-order chi connectivity index (χ0) is 41.8. The van der Waals surface area contributed by atoms with E-state index in [4.69, 9.17) is 10.5 Å². The van der Waals surface area contributed by atoms with Gasteiger partial charge in [-0.05, 0) is 110 Å². The molecule has 0 aliphatic heterocycles. The highest BCUT2D eigenvalue weighted by molar-refractivity contribution is 7.91.